The van der Waals surface area contributed by atoms with Crippen LogP contribution in [-0.2, 0) is 4.57 Å². The molecule has 0 atom stereocenters. The third-order valence-electron chi connectivity index (χ3n) is 1.16. The first kappa shape index (κ1) is 8.70. The van der Waals surface area contributed by atoms with Gasteiger partial charge < -0.3 is 9.05 Å². The zero-order valence-corrected chi connectivity index (χ0v) is 7.67. The average molecular weight is 216 g/mol. The molecule has 0 amide bonds. The van der Waals surface area contributed by atoms with E-state index >= 15 is 0 Å². The summed E-state index contributed by atoms with van der Waals surface area (Å²) in [5.74, 6) is 0.190. The van der Waals surface area contributed by atoms with Crippen molar-refractivity contribution in [2.45, 2.75) is 0 Å². The fraction of sp³-hybridized carbons (Fsp3) is 0. The number of rotatable bonds is 4. The van der Waals surface area contributed by atoms with E-state index < -0.39 is 8.25 Å². The van der Waals surface area contributed by atoms with Gasteiger partial charge in [-0.05, 0) is 0 Å². The van der Waals surface area contributed by atoms with E-state index in [4.69, 9.17) is 9.05 Å². The average Bonchev–Trinajstić information content (AvgIpc) is 2.76. The number of nitrogens with one attached hydrogen (secondary N) is 2. The number of nitrogens with zero attached hydrogens (tertiary/aromatic N) is 4. The summed E-state index contributed by atoms with van der Waals surface area (Å²) >= 11 is 0. The summed E-state index contributed by atoms with van der Waals surface area (Å²) < 4.78 is 20.7. The van der Waals surface area contributed by atoms with E-state index in [2.05, 4.69) is 30.8 Å². The Morgan fingerprint density at radius 3 is 1.93 bits per heavy atom. The SMILES string of the molecule is O=[PH](Oc1c[nH]nn1)Oc1c[nH]nn1. The van der Waals surface area contributed by atoms with Gasteiger partial charge in [0.15, 0.2) is 0 Å². The Morgan fingerprint density at radius 1 is 1.07 bits per heavy atom. The van der Waals surface area contributed by atoms with Gasteiger partial charge in [-0.1, -0.05) is 20.6 Å². The van der Waals surface area contributed by atoms with Crippen molar-refractivity contribution < 1.29 is 13.6 Å². The molecule has 0 unspecified atom stereocenters. The molecule has 2 rings (SSSR count). The van der Waals surface area contributed by atoms with Crippen LogP contribution in [0.2, 0.25) is 0 Å². The topological polar surface area (TPSA) is 119 Å². The number of hydrogen-bond acceptors (Lipinski definition) is 7. The molecule has 74 valence electrons. The van der Waals surface area contributed by atoms with Gasteiger partial charge >= 0.3 is 8.25 Å². The third kappa shape index (κ3) is 2.07. The molecule has 0 fully saturated rings. The lowest BCUT2D eigenvalue weighted by atomic mass is 10.9. The van der Waals surface area contributed by atoms with Gasteiger partial charge in [0, 0.05) is 0 Å². The molecule has 0 radical (unpaired) electrons. The largest absolute Gasteiger partial charge is 0.421 e. The van der Waals surface area contributed by atoms with Gasteiger partial charge in [-0.3, -0.25) is 10.2 Å². The highest BCUT2D eigenvalue weighted by Crippen LogP contribution is 2.26. The van der Waals surface area contributed by atoms with Gasteiger partial charge in [0.1, 0.15) is 0 Å². The highest BCUT2D eigenvalue weighted by atomic mass is 31.1. The molecule has 0 saturated heterocycles. The predicted octanol–water partition coefficient (Wildman–Crippen LogP) is -0.230. The summed E-state index contributed by atoms with van der Waals surface area (Å²) in [6, 6.07) is 0. The maximum Gasteiger partial charge on any atom is 0.421 e. The first-order valence-electron chi connectivity index (χ1n) is 3.47. The Kier molecular flexibility index (Phi) is 2.41. The molecule has 14 heavy (non-hydrogen) atoms. The monoisotopic (exact) mass is 216 g/mol. The smallest absolute Gasteiger partial charge is 0.396 e. The van der Waals surface area contributed by atoms with Gasteiger partial charge in [0.05, 0.1) is 12.4 Å². The Hall–Kier alpha value is -1.89. The summed E-state index contributed by atoms with van der Waals surface area (Å²) in [5, 5.41) is 18.4. The fourth-order valence-corrected chi connectivity index (χ4v) is 1.26. The van der Waals surface area contributed by atoms with Gasteiger partial charge in [-0.15, -0.1) is 0 Å². The van der Waals surface area contributed by atoms with E-state index in [-0.39, 0.29) is 11.8 Å². The highest BCUT2D eigenvalue weighted by Gasteiger charge is 2.07. The van der Waals surface area contributed by atoms with Crippen LogP contribution < -0.4 is 9.05 Å². The van der Waals surface area contributed by atoms with Crippen LogP contribution >= 0.6 is 8.25 Å². The van der Waals surface area contributed by atoms with E-state index in [1.165, 1.54) is 12.4 Å². The van der Waals surface area contributed by atoms with Crippen molar-refractivity contribution >= 4 is 8.25 Å². The molecule has 0 aromatic carbocycles. The quantitative estimate of drug-likeness (QED) is 0.677. The molecule has 0 aliphatic rings. The second-order valence-corrected chi connectivity index (χ2v) is 2.99. The predicted molar refractivity (Wildman–Crippen MR) is 43.0 cm³/mol. The zero-order valence-electron chi connectivity index (χ0n) is 6.67. The number of hydrogen-bond donors (Lipinski definition) is 2. The van der Waals surface area contributed by atoms with Crippen LogP contribution in [0.15, 0.2) is 12.4 Å². The zero-order chi connectivity index (χ0) is 9.80. The van der Waals surface area contributed by atoms with Gasteiger partial charge in [0.2, 0.25) is 0 Å². The molecule has 2 aromatic heterocycles. The first-order chi connectivity index (χ1) is 6.84. The highest BCUT2D eigenvalue weighted by molar-refractivity contribution is 7.34. The third-order valence-corrected chi connectivity index (χ3v) is 1.92. The van der Waals surface area contributed by atoms with Crippen molar-refractivity contribution in [3.8, 4) is 11.8 Å². The van der Waals surface area contributed by atoms with E-state index in [0.29, 0.717) is 0 Å². The van der Waals surface area contributed by atoms with Crippen LogP contribution in [0.1, 0.15) is 0 Å². The summed E-state index contributed by atoms with van der Waals surface area (Å²) in [4.78, 5) is 0. The lowest BCUT2D eigenvalue weighted by Crippen LogP contribution is -1.89. The second-order valence-electron chi connectivity index (χ2n) is 2.08. The summed E-state index contributed by atoms with van der Waals surface area (Å²) in [7, 11) is -2.73. The van der Waals surface area contributed by atoms with E-state index in [1.807, 2.05) is 0 Å². The maximum absolute atomic E-state index is 11.2. The van der Waals surface area contributed by atoms with Crippen molar-refractivity contribution in [2.75, 3.05) is 0 Å². The normalized spacial score (nSPS) is 10.4. The molecule has 2 heterocycles. The summed E-state index contributed by atoms with van der Waals surface area (Å²) in [6.07, 6.45) is 2.68. The van der Waals surface area contributed by atoms with Gasteiger partial charge in [0.25, 0.3) is 11.8 Å². The first-order valence-corrected chi connectivity index (χ1v) is 4.69. The lowest BCUT2D eigenvalue weighted by molar-refractivity contribution is 0.402. The molecule has 9 nitrogen and oxygen atoms in total. The Bertz CT molecular complexity index is 360. The Balaban J connectivity index is 1.91. The van der Waals surface area contributed by atoms with Crippen LogP contribution in [0.25, 0.3) is 0 Å². The molecule has 0 saturated carbocycles. The summed E-state index contributed by atoms with van der Waals surface area (Å²) in [5.41, 5.74) is 0. The van der Waals surface area contributed by atoms with Crippen LogP contribution in [0, 0.1) is 0 Å². The standard InChI is InChI=1S/C4H5N6O3P/c11-14(12-3-1-5-9-7-3)13-4-2-6-10-8-4/h1-2,14H,(H,5,7,9)(H,6,8,10). The van der Waals surface area contributed by atoms with E-state index in [9.17, 15) is 4.57 Å². The van der Waals surface area contributed by atoms with Crippen LogP contribution in [-0.4, -0.2) is 30.8 Å². The molecule has 2 N–H and O–H groups in total. The minimum absolute atomic E-state index is 0.0948. The molecule has 0 spiro atoms. The molecule has 0 aliphatic carbocycles. The minimum Gasteiger partial charge on any atom is -0.396 e. The number of aromatic amines is 2. The second kappa shape index (κ2) is 3.88. The van der Waals surface area contributed by atoms with Crippen molar-refractivity contribution in [1.82, 2.24) is 30.8 Å². The van der Waals surface area contributed by atoms with Crippen molar-refractivity contribution in [3.63, 3.8) is 0 Å². The van der Waals surface area contributed by atoms with Crippen LogP contribution in [0.4, 0.5) is 0 Å². The molecule has 10 heteroatoms. The van der Waals surface area contributed by atoms with Gasteiger partial charge in [-0.25, -0.2) is 4.57 Å². The lowest BCUT2D eigenvalue weighted by Gasteiger charge is -2.00. The fourth-order valence-electron chi connectivity index (χ4n) is 0.674. The number of H-pyrrole nitrogens is 2. The maximum atomic E-state index is 11.2. The Morgan fingerprint density at radius 2 is 1.57 bits per heavy atom. The Labute approximate surface area is 77.8 Å². The van der Waals surface area contributed by atoms with Gasteiger partial charge in [-0.2, -0.15) is 0 Å². The minimum atomic E-state index is -2.73. The van der Waals surface area contributed by atoms with E-state index in [0.717, 1.165) is 0 Å². The van der Waals surface area contributed by atoms with Crippen molar-refractivity contribution in [2.24, 2.45) is 0 Å². The van der Waals surface area contributed by atoms with E-state index in [1.54, 1.807) is 0 Å². The summed E-state index contributed by atoms with van der Waals surface area (Å²) in [6.45, 7) is 0. The molecular weight excluding hydrogens is 211 g/mol. The van der Waals surface area contributed by atoms with Crippen LogP contribution in [0.3, 0.4) is 0 Å². The molecule has 0 aliphatic heterocycles. The van der Waals surface area contributed by atoms with Crippen molar-refractivity contribution in [1.29, 1.82) is 0 Å². The molecule has 0 bridgehead atoms. The molecule has 2 aromatic rings. The molecular formula is C4H5N6O3P. The van der Waals surface area contributed by atoms with Crippen molar-refractivity contribution in [3.05, 3.63) is 12.4 Å². The number of aromatic nitrogens is 6. The van der Waals surface area contributed by atoms with Crippen LogP contribution in [0.5, 0.6) is 11.8 Å².